The Labute approximate surface area is 149 Å². The summed E-state index contributed by atoms with van der Waals surface area (Å²) in [6.45, 7) is 6.39. The van der Waals surface area contributed by atoms with Crippen molar-refractivity contribution in [1.29, 1.82) is 0 Å². The lowest BCUT2D eigenvalue weighted by Crippen LogP contribution is -2.54. The molecule has 0 spiro atoms. The van der Waals surface area contributed by atoms with Crippen LogP contribution in [-0.4, -0.2) is 41.9 Å². The van der Waals surface area contributed by atoms with Crippen molar-refractivity contribution in [2.75, 3.05) is 26.2 Å². The van der Waals surface area contributed by atoms with Gasteiger partial charge in [0.05, 0.1) is 18.2 Å². The molecular formula is C21H26N2O2. The predicted molar refractivity (Wildman–Crippen MR) is 97.3 cm³/mol. The largest absolute Gasteiger partial charge is 0.468 e. The summed E-state index contributed by atoms with van der Waals surface area (Å²) in [4.78, 5) is 17.8. The number of rotatable bonds is 3. The van der Waals surface area contributed by atoms with Crippen LogP contribution in [0.5, 0.6) is 0 Å². The van der Waals surface area contributed by atoms with Crippen LogP contribution < -0.4 is 0 Å². The molecule has 2 aromatic rings. The van der Waals surface area contributed by atoms with E-state index in [9.17, 15) is 4.79 Å². The number of carbonyl (C=O) groups is 1. The molecule has 4 heteroatoms. The minimum atomic E-state index is -0.363. The molecule has 25 heavy (non-hydrogen) atoms. The Kier molecular flexibility index (Phi) is 4.38. The van der Waals surface area contributed by atoms with Gasteiger partial charge in [-0.15, -0.1) is 0 Å². The molecule has 1 saturated heterocycles. The van der Waals surface area contributed by atoms with Crippen LogP contribution >= 0.6 is 0 Å². The summed E-state index contributed by atoms with van der Waals surface area (Å²) in [7, 11) is 0. The molecule has 0 N–H and O–H groups in total. The highest BCUT2D eigenvalue weighted by molar-refractivity contribution is 5.88. The summed E-state index contributed by atoms with van der Waals surface area (Å²) in [6.07, 6.45) is 4.86. The van der Waals surface area contributed by atoms with Gasteiger partial charge >= 0.3 is 0 Å². The van der Waals surface area contributed by atoms with E-state index < -0.39 is 0 Å². The van der Waals surface area contributed by atoms with Crippen molar-refractivity contribution in [2.24, 2.45) is 0 Å². The van der Waals surface area contributed by atoms with E-state index in [0.29, 0.717) is 5.91 Å². The molecule has 2 heterocycles. The molecule has 4 rings (SSSR count). The summed E-state index contributed by atoms with van der Waals surface area (Å²) in [5.74, 6) is 1.30. The quantitative estimate of drug-likeness (QED) is 0.862. The molecule has 2 aliphatic rings. The fourth-order valence-corrected chi connectivity index (χ4v) is 4.35. The first-order chi connectivity index (χ1) is 12.2. The number of aryl methyl sites for hydroxylation is 1. The summed E-state index contributed by atoms with van der Waals surface area (Å²) >= 11 is 0. The van der Waals surface area contributed by atoms with E-state index >= 15 is 0 Å². The van der Waals surface area contributed by atoms with Crippen molar-refractivity contribution in [3.05, 3.63) is 59.5 Å². The number of benzene rings is 1. The number of furan rings is 1. The number of piperazine rings is 1. The van der Waals surface area contributed by atoms with Gasteiger partial charge in [-0.05, 0) is 49.4 Å². The third-order valence-electron chi connectivity index (χ3n) is 5.83. The zero-order valence-corrected chi connectivity index (χ0v) is 14.9. The molecule has 1 amide bonds. The SMILES string of the molecule is CC1(C(=O)N2CCN(Cc3ccco3)CC2)CCCc2ccccc21. The van der Waals surface area contributed by atoms with E-state index in [1.54, 1.807) is 6.26 Å². The van der Waals surface area contributed by atoms with Gasteiger partial charge in [0.1, 0.15) is 5.76 Å². The molecular weight excluding hydrogens is 312 g/mol. The van der Waals surface area contributed by atoms with Crippen LogP contribution in [0, 0.1) is 0 Å². The standard InChI is InChI=1S/C21H26N2O2/c1-21(10-4-7-17-6-2-3-9-19(17)21)20(24)23-13-11-22(12-14-23)16-18-8-5-15-25-18/h2-3,5-6,8-9,15H,4,7,10-14,16H2,1H3. The molecule has 0 radical (unpaired) electrons. The van der Waals surface area contributed by atoms with Gasteiger partial charge < -0.3 is 9.32 Å². The zero-order chi connectivity index (χ0) is 17.3. The lowest BCUT2D eigenvalue weighted by molar-refractivity contribution is -0.139. The van der Waals surface area contributed by atoms with Crippen molar-refractivity contribution in [3.8, 4) is 0 Å². The molecule has 1 fully saturated rings. The summed E-state index contributed by atoms with van der Waals surface area (Å²) in [6, 6.07) is 12.4. The van der Waals surface area contributed by atoms with E-state index in [2.05, 4.69) is 41.0 Å². The maximum atomic E-state index is 13.4. The molecule has 4 nitrogen and oxygen atoms in total. The van der Waals surface area contributed by atoms with E-state index in [-0.39, 0.29) is 5.41 Å². The Morgan fingerprint density at radius 2 is 1.92 bits per heavy atom. The molecule has 1 aliphatic heterocycles. The highest BCUT2D eigenvalue weighted by Crippen LogP contribution is 2.38. The number of fused-ring (bicyclic) bond motifs is 1. The van der Waals surface area contributed by atoms with Crippen LogP contribution in [0.4, 0.5) is 0 Å². The van der Waals surface area contributed by atoms with Crippen LogP contribution in [0.1, 0.15) is 36.7 Å². The van der Waals surface area contributed by atoms with Gasteiger partial charge in [-0.2, -0.15) is 0 Å². The monoisotopic (exact) mass is 338 g/mol. The molecule has 1 atom stereocenters. The van der Waals surface area contributed by atoms with E-state index in [0.717, 1.165) is 57.7 Å². The Hall–Kier alpha value is -2.07. The summed E-state index contributed by atoms with van der Waals surface area (Å²) < 4.78 is 5.44. The Bertz CT molecular complexity index is 732. The third kappa shape index (κ3) is 3.11. The summed E-state index contributed by atoms with van der Waals surface area (Å²) in [5.41, 5.74) is 2.23. The first kappa shape index (κ1) is 16.4. The maximum Gasteiger partial charge on any atom is 0.233 e. The van der Waals surface area contributed by atoms with Crippen molar-refractivity contribution >= 4 is 5.91 Å². The summed E-state index contributed by atoms with van der Waals surface area (Å²) in [5, 5.41) is 0. The first-order valence-electron chi connectivity index (χ1n) is 9.29. The minimum absolute atomic E-state index is 0.303. The number of nitrogens with zero attached hydrogens (tertiary/aromatic N) is 2. The second kappa shape index (κ2) is 6.68. The van der Waals surface area contributed by atoms with Gasteiger partial charge in [0.2, 0.25) is 5.91 Å². The van der Waals surface area contributed by atoms with Crippen molar-refractivity contribution < 1.29 is 9.21 Å². The van der Waals surface area contributed by atoms with Gasteiger partial charge in [-0.1, -0.05) is 24.3 Å². The molecule has 1 aliphatic carbocycles. The minimum Gasteiger partial charge on any atom is -0.468 e. The number of hydrogen-bond acceptors (Lipinski definition) is 3. The lowest BCUT2D eigenvalue weighted by atomic mass is 9.70. The number of amides is 1. The van der Waals surface area contributed by atoms with Crippen molar-refractivity contribution in [3.63, 3.8) is 0 Å². The Balaban J connectivity index is 1.44. The predicted octanol–water partition coefficient (Wildman–Crippen LogP) is 3.22. The lowest BCUT2D eigenvalue weighted by Gasteiger charge is -2.42. The fourth-order valence-electron chi connectivity index (χ4n) is 4.35. The molecule has 1 aromatic carbocycles. The van der Waals surface area contributed by atoms with Crippen LogP contribution in [0.3, 0.4) is 0 Å². The van der Waals surface area contributed by atoms with Gasteiger partial charge in [-0.25, -0.2) is 0 Å². The topological polar surface area (TPSA) is 36.7 Å². The number of carbonyl (C=O) groups excluding carboxylic acids is 1. The smallest absolute Gasteiger partial charge is 0.233 e. The fraction of sp³-hybridized carbons (Fsp3) is 0.476. The highest BCUT2D eigenvalue weighted by Gasteiger charge is 2.41. The van der Waals surface area contributed by atoms with E-state index in [1.807, 2.05) is 12.1 Å². The van der Waals surface area contributed by atoms with Crippen LogP contribution in [-0.2, 0) is 23.2 Å². The Morgan fingerprint density at radius 3 is 2.68 bits per heavy atom. The van der Waals surface area contributed by atoms with E-state index in [1.165, 1.54) is 11.1 Å². The highest BCUT2D eigenvalue weighted by atomic mass is 16.3. The van der Waals surface area contributed by atoms with Crippen LogP contribution in [0.15, 0.2) is 47.1 Å². The molecule has 0 saturated carbocycles. The molecule has 1 aromatic heterocycles. The van der Waals surface area contributed by atoms with Gasteiger partial charge in [0.15, 0.2) is 0 Å². The second-order valence-corrected chi connectivity index (χ2v) is 7.49. The molecule has 1 unspecified atom stereocenters. The second-order valence-electron chi connectivity index (χ2n) is 7.49. The third-order valence-corrected chi connectivity index (χ3v) is 5.83. The van der Waals surface area contributed by atoms with E-state index in [4.69, 9.17) is 4.42 Å². The van der Waals surface area contributed by atoms with Crippen molar-refractivity contribution in [1.82, 2.24) is 9.80 Å². The van der Waals surface area contributed by atoms with Crippen LogP contribution in [0.25, 0.3) is 0 Å². The zero-order valence-electron chi connectivity index (χ0n) is 14.9. The number of hydrogen-bond donors (Lipinski definition) is 0. The normalized spacial score (nSPS) is 24.1. The molecule has 0 bridgehead atoms. The first-order valence-corrected chi connectivity index (χ1v) is 9.29. The Morgan fingerprint density at radius 1 is 1.12 bits per heavy atom. The average molecular weight is 338 g/mol. The molecule has 132 valence electrons. The van der Waals surface area contributed by atoms with Crippen molar-refractivity contribution in [2.45, 2.75) is 38.1 Å². The maximum absolute atomic E-state index is 13.4. The average Bonchev–Trinajstić information content (AvgIpc) is 3.15. The van der Waals surface area contributed by atoms with Gasteiger partial charge in [0.25, 0.3) is 0 Å². The van der Waals surface area contributed by atoms with Crippen LogP contribution in [0.2, 0.25) is 0 Å². The van der Waals surface area contributed by atoms with Gasteiger partial charge in [0, 0.05) is 26.2 Å². The van der Waals surface area contributed by atoms with Gasteiger partial charge in [-0.3, -0.25) is 9.69 Å².